The summed E-state index contributed by atoms with van der Waals surface area (Å²) in [6, 6.07) is -0.714. The van der Waals surface area contributed by atoms with E-state index in [0.29, 0.717) is 0 Å². The quantitative estimate of drug-likeness (QED) is 0.608. The van der Waals surface area contributed by atoms with Crippen LogP contribution in [0.4, 0.5) is 0 Å². The molecule has 3 rings (SSSR count). The van der Waals surface area contributed by atoms with Gasteiger partial charge in [-0.05, 0) is 12.8 Å². The summed E-state index contributed by atoms with van der Waals surface area (Å²) < 4.78 is 11.8. The minimum atomic E-state index is -0.926. The van der Waals surface area contributed by atoms with Crippen molar-refractivity contribution in [1.29, 1.82) is 0 Å². The van der Waals surface area contributed by atoms with Crippen molar-refractivity contribution in [3.05, 3.63) is 0 Å². The number of hydrogen-bond donors (Lipinski definition) is 3. The fraction of sp³-hybridized carbons (Fsp3) is 0.923. The maximum atomic E-state index is 11.1. The number of nitrogens with one attached hydrogen (secondary N) is 1. The van der Waals surface area contributed by atoms with Crippen molar-refractivity contribution in [3.63, 3.8) is 0 Å². The maximum absolute atomic E-state index is 11.1. The van der Waals surface area contributed by atoms with E-state index in [1.54, 1.807) is 0 Å². The highest BCUT2D eigenvalue weighted by Crippen LogP contribution is 2.45. The lowest BCUT2D eigenvalue weighted by atomic mass is 9.94. The van der Waals surface area contributed by atoms with Gasteiger partial charge in [0.25, 0.3) is 0 Å². The summed E-state index contributed by atoms with van der Waals surface area (Å²) in [5.74, 6) is -0.910. The molecule has 3 N–H and O–H groups in total. The molecule has 1 amide bonds. The number of hydrogen-bond acceptors (Lipinski definition) is 5. The van der Waals surface area contributed by atoms with Crippen LogP contribution < -0.4 is 5.32 Å². The molecule has 1 aliphatic heterocycles. The van der Waals surface area contributed by atoms with E-state index in [4.69, 9.17) is 9.47 Å². The van der Waals surface area contributed by atoms with Gasteiger partial charge in [0.1, 0.15) is 24.4 Å². The molecule has 6 heteroatoms. The second kappa shape index (κ2) is 4.70. The minimum Gasteiger partial charge on any atom is -0.388 e. The summed E-state index contributed by atoms with van der Waals surface area (Å²) in [7, 11) is 0. The zero-order valence-electron chi connectivity index (χ0n) is 11.0. The Bertz CT molecular complexity index is 348. The molecule has 3 aliphatic rings. The molecular formula is C13H21NO5. The number of fused-ring (bicyclic) bond motifs is 1. The summed E-state index contributed by atoms with van der Waals surface area (Å²) >= 11 is 0. The average molecular weight is 271 g/mol. The molecule has 0 aromatic carbocycles. The second-order valence-corrected chi connectivity index (χ2v) is 5.84. The molecule has 1 saturated heterocycles. The van der Waals surface area contributed by atoms with Crippen LogP contribution in [0.15, 0.2) is 0 Å². The van der Waals surface area contributed by atoms with Gasteiger partial charge >= 0.3 is 0 Å². The molecule has 0 bridgehead atoms. The average Bonchev–Trinajstić information content (AvgIpc) is 2.82. The van der Waals surface area contributed by atoms with Gasteiger partial charge in [0.05, 0.1) is 6.04 Å². The third-order valence-electron chi connectivity index (χ3n) is 4.42. The summed E-state index contributed by atoms with van der Waals surface area (Å²) in [6.45, 7) is 1.36. The molecule has 0 aromatic heterocycles. The van der Waals surface area contributed by atoms with Crippen LogP contribution in [-0.2, 0) is 14.3 Å². The van der Waals surface area contributed by atoms with Gasteiger partial charge in [-0.1, -0.05) is 6.42 Å². The summed E-state index contributed by atoms with van der Waals surface area (Å²) in [6.07, 6.45) is 1.92. The monoisotopic (exact) mass is 271 g/mol. The lowest BCUT2D eigenvalue weighted by Gasteiger charge is -2.34. The second-order valence-electron chi connectivity index (χ2n) is 5.84. The lowest BCUT2D eigenvalue weighted by molar-refractivity contribution is -0.215. The van der Waals surface area contributed by atoms with Gasteiger partial charge in [-0.3, -0.25) is 4.79 Å². The highest BCUT2D eigenvalue weighted by Gasteiger charge is 2.60. The zero-order valence-corrected chi connectivity index (χ0v) is 11.0. The highest BCUT2D eigenvalue weighted by atomic mass is 16.8. The molecule has 108 valence electrons. The van der Waals surface area contributed by atoms with E-state index in [-0.39, 0.29) is 5.91 Å². The fourth-order valence-corrected chi connectivity index (χ4v) is 3.53. The topological polar surface area (TPSA) is 88.0 Å². The van der Waals surface area contributed by atoms with Gasteiger partial charge in [0.15, 0.2) is 5.79 Å². The Labute approximate surface area is 112 Å². The lowest BCUT2D eigenvalue weighted by Crippen LogP contribution is -2.50. The van der Waals surface area contributed by atoms with Gasteiger partial charge in [-0.2, -0.15) is 0 Å². The largest absolute Gasteiger partial charge is 0.388 e. The maximum Gasteiger partial charge on any atom is 0.217 e. The first-order valence-corrected chi connectivity index (χ1v) is 7.01. The van der Waals surface area contributed by atoms with Crippen molar-refractivity contribution in [1.82, 2.24) is 5.32 Å². The molecule has 1 heterocycles. The van der Waals surface area contributed by atoms with Crippen LogP contribution in [0.5, 0.6) is 0 Å². The molecule has 1 spiro atoms. The summed E-state index contributed by atoms with van der Waals surface area (Å²) in [5.41, 5.74) is 0. The molecule has 2 aliphatic carbocycles. The van der Waals surface area contributed by atoms with E-state index in [2.05, 4.69) is 5.32 Å². The van der Waals surface area contributed by atoms with Gasteiger partial charge in [-0.15, -0.1) is 0 Å². The third kappa shape index (κ3) is 2.16. The Morgan fingerprint density at radius 1 is 1.11 bits per heavy atom. The normalized spacial score (nSPS) is 41.4. The summed E-state index contributed by atoms with van der Waals surface area (Å²) in [5, 5.41) is 23.0. The molecule has 6 nitrogen and oxygen atoms in total. The predicted molar refractivity (Wildman–Crippen MR) is 65.2 cm³/mol. The number of aliphatic hydroxyl groups is 2. The zero-order chi connectivity index (χ0) is 13.6. The first kappa shape index (κ1) is 13.3. The number of rotatable bonds is 1. The Hall–Kier alpha value is -0.690. The smallest absolute Gasteiger partial charge is 0.217 e. The van der Waals surface area contributed by atoms with Crippen LogP contribution in [0.3, 0.4) is 0 Å². The van der Waals surface area contributed by atoms with Crippen molar-refractivity contribution >= 4 is 5.91 Å². The molecule has 19 heavy (non-hydrogen) atoms. The highest BCUT2D eigenvalue weighted by molar-refractivity contribution is 5.73. The molecule has 0 aromatic rings. The number of carbonyl (C=O) groups is 1. The molecule has 0 radical (unpaired) electrons. The number of carbonyl (C=O) groups excluding carboxylic acids is 1. The van der Waals surface area contributed by atoms with E-state index in [1.165, 1.54) is 13.3 Å². The Morgan fingerprint density at radius 3 is 2.11 bits per heavy atom. The standard InChI is InChI=1S/C13H21NO5/c1-7(15)14-8-9(16)11-12(10(8)17)19-13(18-11)5-3-2-4-6-13/h8-12,16-17H,2-6H2,1H3,(H,14,15)/t8?,9-,10-,11-,12+/m1/s1. The van der Waals surface area contributed by atoms with Crippen molar-refractivity contribution in [2.24, 2.45) is 0 Å². The van der Waals surface area contributed by atoms with Crippen molar-refractivity contribution in [3.8, 4) is 0 Å². The number of amides is 1. The van der Waals surface area contributed by atoms with Gasteiger partial charge in [0.2, 0.25) is 5.91 Å². The van der Waals surface area contributed by atoms with Gasteiger partial charge in [0, 0.05) is 19.8 Å². The van der Waals surface area contributed by atoms with Gasteiger partial charge in [-0.25, -0.2) is 0 Å². The van der Waals surface area contributed by atoms with E-state index in [0.717, 1.165) is 25.7 Å². The van der Waals surface area contributed by atoms with Crippen molar-refractivity contribution in [2.45, 2.75) is 75.3 Å². The molecule has 1 unspecified atom stereocenters. The fourth-order valence-electron chi connectivity index (χ4n) is 3.53. The molecular weight excluding hydrogens is 250 g/mol. The minimum absolute atomic E-state index is 0.282. The van der Waals surface area contributed by atoms with Crippen LogP contribution in [0, 0.1) is 0 Å². The van der Waals surface area contributed by atoms with Crippen molar-refractivity contribution in [2.75, 3.05) is 0 Å². The Balaban J connectivity index is 1.73. The van der Waals surface area contributed by atoms with E-state index >= 15 is 0 Å². The van der Waals surface area contributed by atoms with Crippen LogP contribution in [0.25, 0.3) is 0 Å². The van der Waals surface area contributed by atoms with E-state index < -0.39 is 36.2 Å². The van der Waals surface area contributed by atoms with Crippen LogP contribution in [-0.4, -0.2) is 52.4 Å². The first-order valence-electron chi connectivity index (χ1n) is 7.01. The number of aliphatic hydroxyl groups excluding tert-OH is 2. The first-order chi connectivity index (χ1) is 9.02. The van der Waals surface area contributed by atoms with E-state index in [9.17, 15) is 15.0 Å². The molecule has 5 atom stereocenters. The third-order valence-corrected chi connectivity index (χ3v) is 4.42. The Morgan fingerprint density at radius 2 is 1.63 bits per heavy atom. The van der Waals surface area contributed by atoms with Crippen LogP contribution in [0.2, 0.25) is 0 Å². The SMILES string of the molecule is CC(=O)NC1[C@@H](O)[C@@H]2OC3(CCCCC3)O[C@@H]2[C@@H]1O. The number of ether oxygens (including phenoxy) is 2. The van der Waals surface area contributed by atoms with Crippen LogP contribution in [0.1, 0.15) is 39.0 Å². The van der Waals surface area contributed by atoms with E-state index in [1.807, 2.05) is 0 Å². The Kier molecular flexibility index (Phi) is 3.29. The predicted octanol–water partition coefficient (Wildman–Crippen LogP) is -0.329. The molecule has 2 saturated carbocycles. The van der Waals surface area contributed by atoms with Crippen LogP contribution >= 0.6 is 0 Å². The molecule has 3 fully saturated rings. The summed E-state index contributed by atoms with van der Waals surface area (Å²) in [4.78, 5) is 11.1. The van der Waals surface area contributed by atoms with Gasteiger partial charge < -0.3 is 25.0 Å². The van der Waals surface area contributed by atoms with Crippen molar-refractivity contribution < 1.29 is 24.5 Å².